The number of unbranched alkanes of at least 4 members (excludes halogenated alkanes) is 1. The van der Waals surface area contributed by atoms with Gasteiger partial charge in [-0.1, -0.05) is 62.9 Å². The number of hydrogen-bond donors (Lipinski definition) is 6. The lowest BCUT2D eigenvalue weighted by molar-refractivity contribution is -0.139. The standard InChI is InChI=1S/C11H13NO2.C8H11N.C8H14O2.C6H14N2O2/c1-2-3-11(14)12-10-6-4-9(8-13)5-7-10;9-7-6-8-4-2-1-3-5-8;9-8(10)6-7-4-2-1-3-5-7;7-4-2-1-3-5(8)6(9)10/h4-8H,2-3H2,1H3,(H,12,14);1-5H,6-7,9H2;7H,1-6H2,(H,9,10);5H,1-4,7-8H2,(H,9,10). The van der Waals surface area contributed by atoms with Gasteiger partial charge >= 0.3 is 11.9 Å². The second-order valence-electron chi connectivity index (χ2n) is 10.4. The minimum atomic E-state index is -0.933. The van der Waals surface area contributed by atoms with E-state index in [1.807, 2.05) is 25.1 Å². The highest BCUT2D eigenvalue weighted by atomic mass is 16.4. The first-order valence-electron chi connectivity index (χ1n) is 15.2. The molecule has 10 nitrogen and oxygen atoms in total. The molecule has 1 amide bonds. The van der Waals surface area contributed by atoms with Crippen LogP contribution in [0.4, 0.5) is 5.69 Å². The van der Waals surface area contributed by atoms with Crippen LogP contribution in [0, 0.1) is 5.92 Å². The molecule has 1 aliphatic rings. The van der Waals surface area contributed by atoms with Crippen LogP contribution in [0.3, 0.4) is 0 Å². The van der Waals surface area contributed by atoms with Gasteiger partial charge in [0, 0.05) is 24.1 Å². The van der Waals surface area contributed by atoms with E-state index in [1.54, 1.807) is 24.3 Å². The number of carbonyl (C=O) groups is 4. The Morgan fingerprint density at radius 3 is 2.05 bits per heavy atom. The molecule has 240 valence electrons. The highest BCUT2D eigenvalue weighted by Crippen LogP contribution is 2.25. The molecule has 1 atom stereocenters. The van der Waals surface area contributed by atoms with Gasteiger partial charge in [-0.3, -0.25) is 19.2 Å². The van der Waals surface area contributed by atoms with E-state index in [2.05, 4.69) is 17.4 Å². The molecule has 9 N–H and O–H groups in total. The maximum absolute atomic E-state index is 11.2. The number of hydrogen-bond acceptors (Lipinski definition) is 7. The van der Waals surface area contributed by atoms with Crippen LogP contribution < -0.4 is 22.5 Å². The van der Waals surface area contributed by atoms with Gasteiger partial charge in [-0.05, 0) is 87.4 Å². The SMILES string of the molecule is CCCC(=O)Nc1ccc(C=O)cc1.NCCCCC(N)C(=O)O.NCCc1ccccc1.O=C(O)CC1CCCCC1. The predicted molar refractivity (Wildman–Crippen MR) is 172 cm³/mol. The Bertz CT molecular complexity index is 1010. The summed E-state index contributed by atoms with van der Waals surface area (Å²) in [7, 11) is 0. The summed E-state index contributed by atoms with van der Waals surface area (Å²) in [6, 6.07) is 16.3. The fourth-order valence-corrected chi connectivity index (χ4v) is 4.18. The van der Waals surface area contributed by atoms with Crippen LogP contribution in [0.1, 0.15) is 93.5 Å². The monoisotopic (exact) mass is 600 g/mol. The third kappa shape index (κ3) is 22.6. The van der Waals surface area contributed by atoms with Gasteiger partial charge in [-0.2, -0.15) is 0 Å². The second kappa shape index (κ2) is 26.1. The number of rotatable bonds is 13. The molecule has 1 fully saturated rings. The highest BCUT2D eigenvalue weighted by molar-refractivity contribution is 5.91. The average Bonchev–Trinajstić information content (AvgIpc) is 3.00. The number of amides is 1. The van der Waals surface area contributed by atoms with Crippen molar-refractivity contribution in [1.29, 1.82) is 0 Å². The quantitative estimate of drug-likeness (QED) is 0.135. The molecule has 1 aliphatic carbocycles. The zero-order valence-electron chi connectivity index (χ0n) is 25.6. The maximum Gasteiger partial charge on any atom is 0.320 e. The van der Waals surface area contributed by atoms with Crippen molar-refractivity contribution >= 4 is 29.8 Å². The van der Waals surface area contributed by atoms with E-state index in [-0.39, 0.29) is 5.91 Å². The molecule has 2 aromatic carbocycles. The molecule has 43 heavy (non-hydrogen) atoms. The van der Waals surface area contributed by atoms with Gasteiger partial charge < -0.3 is 32.7 Å². The number of aliphatic carboxylic acids is 2. The number of anilines is 1. The smallest absolute Gasteiger partial charge is 0.320 e. The minimum absolute atomic E-state index is 0.00588. The number of aldehydes is 1. The number of nitrogens with two attached hydrogens (primary N) is 3. The topological polar surface area (TPSA) is 199 Å². The summed E-state index contributed by atoms with van der Waals surface area (Å²) < 4.78 is 0. The van der Waals surface area contributed by atoms with Crippen LogP contribution in [0.25, 0.3) is 0 Å². The van der Waals surface area contributed by atoms with Gasteiger partial charge in [0.15, 0.2) is 0 Å². The van der Waals surface area contributed by atoms with E-state index in [0.717, 1.165) is 57.0 Å². The van der Waals surface area contributed by atoms with Gasteiger partial charge in [0.1, 0.15) is 12.3 Å². The number of nitrogens with one attached hydrogen (secondary N) is 1. The molecule has 0 aromatic heterocycles. The molecule has 3 rings (SSSR count). The fraction of sp³-hybridized carbons (Fsp3) is 0.515. The predicted octanol–water partition coefficient (Wildman–Crippen LogP) is 4.99. The van der Waals surface area contributed by atoms with Crippen LogP contribution in [0.5, 0.6) is 0 Å². The molecule has 0 bridgehead atoms. The van der Waals surface area contributed by atoms with Crippen LogP contribution in [-0.2, 0) is 20.8 Å². The zero-order chi connectivity index (χ0) is 32.3. The van der Waals surface area contributed by atoms with Crippen LogP contribution in [-0.4, -0.2) is 53.5 Å². The lowest BCUT2D eigenvalue weighted by Crippen LogP contribution is -2.29. The normalized spacial score (nSPS) is 12.9. The minimum Gasteiger partial charge on any atom is -0.481 e. The number of carboxylic acids is 2. The molecule has 0 radical (unpaired) electrons. The number of carbonyl (C=O) groups excluding carboxylic acids is 2. The molecule has 1 unspecified atom stereocenters. The second-order valence-corrected chi connectivity index (χ2v) is 10.4. The van der Waals surface area contributed by atoms with Gasteiger partial charge in [-0.25, -0.2) is 0 Å². The molecule has 10 heteroatoms. The van der Waals surface area contributed by atoms with E-state index in [0.29, 0.717) is 37.3 Å². The summed E-state index contributed by atoms with van der Waals surface area (Å²) >= 11 is 0. The van der Waals surface area contributed by atoms with Crippen LogP contribution in [0.2, 0.25) is 0 Å². The van der Waals surface area contributed by atoms with Crippen molar-refractivity contribution in [3.05, 3.63) is 65.7 Å². The Balaban J connectivity index is 0.000000556. The van der Waals surface area contributed by atoms with E-state index < -0.39 is 18.0 Å². The summed E-state index contributed by atoms with van der Waals surface area (Å²) in [5.74, 6) is -1.08. The van der Waals surface area contributed by atoms with Gasteiger partial charge in [0.25, 0.3) is 0 Å². The Hall–Kier alpha value is -3.60. The molecular weight excluding hydrogens is 548 g/mol. The molecule has 1 saturated carbocycles. The lowest BCUT2D eigenvalue weighted by atomic mass is 9.87. The number of benzene rings is 2. The summed E-state index contributed by atoms with van der Waals surface area (Å²) in [4.78, 5) is 41.9. The summed E-state index contributed by atoms with van der Waals surface area (Å²) in [5, 5.41) is 19.5. The summed E-state index contributed by atoms with van der Waals surface area (Å²) in [5.41, 5.74) is 18.4. The van der Waals surface area contributed by atoms with Crippen molar-refractivity contribution in [2.45, 2.75) is 90.0 Å². The Morgan fingerprint density at radius 2 is 1.56 bits per heavy atom. The third-order valence-corrected chi connectivity index (χ3v) is 6.56. The largest absolute Gasteiger partial charge is 0.481 e. The van der Waals surface area contributed by atoms with E-state index in [4.69, 9.17) is 27.4 Å². The van der Waals surface area contributed by atoms with Crippen molar-refractivity contribution in [2.75, 3.05) is 18.4 Å². The molecule has 0 saturated heterocycles. The molecule has 0 heterocycles. The van der Waals surface area contributed by atoms with E-state index in [1.165, 1.54) is 24.8 Å². The van der Waals surface area contributed by atoms with Crippen LogP contribution >= 0.6 is 0 Å². The zero-order valence-corrected chi connectivity index (χ0v) is 25.6. The van der Waals surface area contributed by atoms with E-state index >= 15 is 0 Å². The molecule has 0 spiro atoms. The van der Waals surface area contributed by atoms with Gasteiger partial charge in [0.05, 0.1) is 0 Å². The van der Waals surface area contributed by atoms with Crippen molar-refractivity contribution in [3.8, 4) is 0 Å². The summed E-state index contributed by atoms with van der Waals surface area (Å²) in [6.07, 6.45) is 11.7. The Labute approximate surface area is 256 Å². The highest BCUT2D eigenvalue weighted by Gasteiger charge is 2.15. The lowest BCUT2D eigenvalue weighted by Gasteiger charge is -2.18. The Morgan fingerprint density at radius 1 is 0.930 bits per heavy atom. The maximum atomic E-state index is 11.2. The van der Waals surface area contributed by atoms with Crippen LogP contribution in [0.15, 0.2) is 54.6 Å². The third-order valence-electron chi connectivity index (χ3n) is 6.56. The average molecular weight is 601 g/mol. The molecule has 2 aromatic rings. The van der Waals surface area contributed by atoms with Crippen molar-refractivity contribution in [1.82, 2.24) is 0 Å². The molecular formula is C33H52N4O6. The van der Waals surface area contributed by atoms with Crippen molar-refractivity contribution < 1.29 is 29.4 Å². The van der Waals surface area contributed by atoms with Crippen molar-refractivity contribution in [2.24, 2.45) is 23.1 Å². The van der Waals surface area contributed by atoms with Gasteiger partial charge in [0.2, 0.25) is 5.91 Å². The van der Waals surface area contributed by atoms with Crippen molar-refractivity contribution in [3.63, 3.8) is 0 Å². The van der Waals surface area contributed by atoms with E-state index in [9.17, 15) is 19.2 Å². The first-order chi connectivity index (χ1) is 20.7. The molecule has 0 aliphatic heterocycles. The van der Waals surface area contributed by atoms with Gasteiger partial charge in [-0.15, -0.1) is 0 Å². The first-order valence-corrected chi connectivity index (χ1v) is 15.2. The summed E-state index contributed by atoms with van der Waals surface area (Å²) in [6.45, 7) is 3.30. The first kappa shape index (κ1) is 39.4. The Kier molecular flexibility index (Phi) is 23.9. The number of carboxylic acid groups (broad SMARTS) is 2. The fourth-order valence-electron chi connectivity index (χ4n) is 4.18.